The second-order valence-corrected chi connectivity index (χ2v) is 8.67. The van der Waals surface area contributed by atoms with Gasteiger partial charge in [-0.3, -0.25) is 0 Å². The molecular formula is C21H20ClN7O2. The number of urea groups is 1. The Morgan fingerprint density at radius 3 is 2.94 bits per heavy atom. The number of halogens is 1. The highest BCUT2D eigenvalue weighted by Gasteiger charge is 2.62. The van der Waals surface area contributed by atoms with Crippen molar-refractivity contribution in [3.8, 4) is 11.8 Å². The average Bonchev–Trinajstić information content (AvgIpc) is 3.37. The molecule has 3 atom stereocenters. The van der Waals surface area contributed by atoms with Crippen LogP contribution in [-0.2, 0) is 5.54 Å². The second kappa shape index (κ2) is 7.10. The summed E-state index contributed by atoms with van der Waals surface area (Å²) in [5.41, 5.74) is 0.848. The third-order valence-corrected chi connectivity index (χ3v) is 6.41. The van der Waals surface area contributed by atoms with Crippen LogP contribution in [0.2, 0.25) is 5.02 Å². The molecule has 2 bridgehead atoms. The van der Waals surface area contributed by atoms with Gasteiger partial charge in [-0.25, -0.2) is 9.48 Å². The van der Waals surface area contributed by atoms with Gasteiger partial charge >= 0.3 is 6.03 Å². The van der Waals surface area contributed by atoms with Gasteiger partial charge in [0.1, 0.15) is 17.3 Å². The SMILES string of the molecule is Cc1nnc(C23CC(C[C@@H](C)C2)N3C(=O)Nc2ccc(Cl)c(-n3nccc3C#N)c2)o1. The number of hydrogen-bond acceptors (Lipinski definition) is 6. The summed E-state index contributed by atoms with van der Waals surface area (Å²) in [6, 6.07) is 8.67. The van der Waals surface area contributed by atoms with E-state index in [-0.39, 0.29) is 12.1 Å². The molecule has 1 N–H and O–H groups in total. The standard InChI is InChI=1S/C21H20ClN7O2/c1-12-7-16-10-21(9-12,19-27-26-13(2)31-19)28(16)20(30)25-14-3-4-17(22)18(8-14)29-15(11-23)5-6-24-29/h3-6,8,12,16H,7,9-10H2,1-2H3,(H,25,30)/t12-,16?,21?/m1/s1. The molecule has 0 spiro atoms. The zero-order valence-corrected chi connectivity index (χ0v) is 17.8. The van der Waals surface area contributed by atoms with E-state index in [1.165, 1.54) is 10.9 Å². The van der Waals surface area contributed by atoms with Gasteiger partial charge in [0.05, 0.1) is 16.9 Å². The Hall–Kier alpha value is -3.38. The van der Waals surface area contributed by atoms with E-state index in [0.29, 0.717) is 39.8 Å². The number of piperidine rings is 1. The number of benzene rings is 1. The number of carbonyl (C=O) groups excluding carboxylic acids is 1. The van der Waals surface area contributed by atoms with E-state index in [1.54, 1.807) is 31.2 Å². The Labute approximate surface area is 183 Å². The van der Waals surface area contributed by atoms with Crippen molar-refractivity contribution in [3.63, 3.8) is 0 Å². The van der Waals surface area contributed by atoms with Crippen LogP contribution in [0, 0.1) is 24.2 Å². The highest BCUT2D eigenvalue weighted by Crippen LogP contribution is 2.55. The quantitative estimate of drug-likeness (QED) is 0.662. The molecule has 3 heterocycles. The number of nitrogens with one attached hydrogen (secondary N) is 1. The summed E-state index contributed by atoms with van der Waals surface area (Å²) >= 11 is 6.33. The summed E-state index contributed by atoms with van der Waals surface area (Å²) in [5, 5.41) is 25.1. The Balaban J connectivity index is 1.44. The van der Waals surface area contributed by atoms with Crippen molar-refractivity contribution >= 4 is 23.3 Å². The smallest absolute Gasteiger partial charge is 0.323 e. The number of anilines is 1. The largest absolute Gasteiger partial charge is 0.423 e. The lowest BCUT2D eigenvalue weighted by atomic mass is 9.64. The molecule has 1 saturated heterocycles. The van der Waals surface area contributed by atoms with Crippen LogP contribution in [0.4, 0.5) is 10.5 Å². The number of hydrogen-bond donors (Lipinski definition) is 1. The lowest BCUT2D eigenvalue weighted by Gasteiger charge is -2.61. The first kappa shape index (κ1) is 19.6. The number of likely N-dealkylation sites (tertiary alicyclic amines) is 1. The van der Waals surface area contributed by atoms with Crippen molar-refractivity contribution in [2.24, 2.45) is 5.92 Å². The van der Waals surface area contributed by atoms with Crippen LogP contribution in [0.3, 0.4) is 0 Å². The van der Waals surface area contributed by atoms with Crippen molar-refractivity contribution < 1.29 is 9.21 Å². The summed E-state index contributed by atoms with van der Waals surface area (Å²) in [5.74, 6) is 1.44. The summed E-state index contributed by atoms with van der Waals surface area (Å²) in [7, 11) is 0. The maximum atomic E-state index is 13.3. The zero-order chi connectivity index (χ0) is 21.8. The number of aromatic nitrogens is 4. The zero-order valence-electron chi connectivity index (χ0n) is 17.0. The Morgan fingerprint density at radius 1 is 1.35 bits per heavy atom. The molecule has 31 heavy (non-hydrogen) atoms. The van der Waals surface area contributed by atoms with Crippen LogP contribution in [-0.4, -0.2) is 37.0 Å². The Bertz CT molecular complexity index is 1210. The molecule has 1 aliphatic carbocycles. The molecule has 2 unspecified atom stereocenters. The van der Waals surface area contributed by atoms with E-state index in [2.05, 4.69) is 33.6 Å². The molecular weight excluding hydrogens is 418 g/mol. The van der Waals surface area contributed by atoms with Crippen molar-refractivity contribution in [2.45, 2.75) is 44.7 Å². The molecule has 9 nitrogen and oxygen atoms in total. The van der Waals surface area contributed by atoms with Crippen LogP contribution in [0.5, 0.6) is 0 Å². The predicted octanol–water partition coefficient (Wildman–Crippen LogP) is 4.02. The molecule has 0 radical (unpaired) electrons. The fourth-order valence-electron chi connectivity index (χ4n) is 4.95. The monoisotopic (exact) mass is 437 g/mol. The van der Waals surface area contributed by atoms with E-state index < -0.39 is 5.54 Å². The first-order chi connectivity index (χ1) is 14.9. The molecule has 2 fully saturated rings. The van der Waals surface area contributed by atoms with Gasteiger partial charge in [0.15, 0.2) is 0 Å². The van der Waals surface area contributed by atoms with Gasteiger partial charge in [-0.2, -0.15) is 10.4 Å². The molecule has 2 aliphatic rings. The van der Waals surface area contributed by atoms with Gasteiger partial charge in [0.2, 0.25) is 11.8 Å². The van der Waals surface area contributed by atoms with E-state index >= 15 is 0 Å². The number of rotatable bonds is 3. The summed E-state index contributed by atoms with van der Waals surface area (Å²) in [4.78, 5) is 15.2. The minimum absolute atomic E-state index is 0.124. The fourth-order valence-corrected chi connectivity index (χ4v) is 5.15. The average molecular weight is 438 g/mol. The summed E-state index contributed by atoms with van der Waals surface area (Å²) in [6.45, 7) is 3.93. The molecule has 158 valence electrons. The third-order valence-electron chi connectivity index (χ3n) is 6.09. The molecule has 10 heteroatoms. The molecule has 2 amide bonds. The van der Waals surface area contributed by atoms with Gasteiger partial charge < -0.3 is 14.6 Å². The third kappa shape index (κ3) is 3.06. The minimum atomic E-state index is -0.571. The maximum Gasteiger partial charge on any atom is 0.323 e. The van der Waals surface area contributed by atoms with Gasteiger partial charge in [-0.15, -0.1) is 10.2 Å². The number of nitrogens with zero attached hydrogens (tertiary/aromatic N) is 6. The van der Waals surface area contributed by atoms with E-state index in [1.807, 2.05) is 4.90 Å². The van der Waals surface area contributed by atoms with Gasteiger partial charge in [0, 0.05) is 25.1 Å². The van der Waals surface area contributed by atoms with Crippen LogP contribution in [0.1, 0.15) is 43.7 Å². The number of carbonyl (C=O) groups is 1. The molecule has 1 aromatic carbocycles. The first-order valence-corrected chi connectivity index (χ1v) is 10.4. The molecule has 2 aromatic heterocycles. The number of nitriles is 1. The lowest BCUT2D eigenvalue weighted by molar-refractivity contribution is -0.110. The van der Waals surface area contributed by atoms with Gasteiger partial charge in [-0.1, -0.05) is 18.5 Å². The van der Waals surface area contributed by atoms with Crippen LogP contribution >= 0.6 is 11.6 Å². The van der Waals surface area contributed by atoms with E-state index in [4.69, 9.17) is 16.0 Å². The van der Waals surface area contributed by atoms with Crippen molar-refractivity contribution in [1.82, 2.24) is 24.9 Å². The van der Waals surface area contributed by atoms with E-state index in [0.717, 1.165) is 19.3 Å². The molecule has 1 saturated carbocycles. The lowest BCUT2D eigenvalue weighted by Crippen LogP contribution is -2.70. The molecule has 5 rings (SSSR count). The molecule has 1 aliphatic heterocycles. The first-order valence-electron chi connectivity index (χ1n) is 10.1. The normalized spacial score (nSPS) is 24.4. The van der Waals surface area contributed by atoms with Crippen LogP contribution in [0.25, 0.3) is 5.69 Å². The van der Waals surface area contributed by atoms with E-state index in [9.17, 15) is 10.1 Å². The van der Waals surface area contributed by atoms with Gasteiger partial charge in [0.25, 0.3) is 0 Å². The topological polar surface area (TPSA) is 113 Å². The van der Waals surface area contributed by atoms with Crippen LogP contribution < -0.4 is 5.32 Å². The van der Waals surface area contributed by atoms with Crippen LogP contribution in [0.15, 0.2) is 34.9 Å². The maximum absolute atomic E-state index is 13.3. The molecule has 3 aromatic rings. The van der Waals surface area contributed by atoms with Crippen molar-refractivity contribution in [3.05, 3.63) is 53.0 Å². The second-order valence-electron chi connectivity index (χ2n) is 8.27. The highest BCUT2D eigenvalue weighted by atomic mass is 35.5. The summed E-state index contributed by atoms with van der Waals surface area (Å²) < 4.78 is 7.19. The number of fused-ring (bicyclic) bond motifs is 2. The van der Waals surface area contributed by atoms with Gasteiger partial charge in [-0.05, 0) is 43.0 Å². The predicted molar refractivity (Wildman–Crippen MR) is 112 cm³/mol. The summed E-state index contributed by atoms with van der Waals surface area (Å²) in [6.07, 6.45) is 4.06. The minimum Gasteiger partial charge on any atom is -0.423 e. The van der Waals surface area contributed by atoms with Crippen molar-refractivity contribution in [1.29, 1.82) is 5.26 Å². The fraction of sp³-hybridized carbons (Fsp3) is 0.381. The van der Waals surface area contributed by atoms with Crippen molar-refractivity contribution in [2.75, 3.05) is 5.32 Å². The highest BCUT2D eigenvalue weighted by molar-refractivity contribution is 6.32. The Kier molecular flexibility index (Phi) is 4.48. The Morgan fingerprint density at radius 2 is 2.19 bits per heavy atom. The number of amides is 2. The number of aryl methyl sites for hydroxylation is 1.